The summed E-state index contributed by atoms with van der Waals surface area (Å²) in [5.41, 5.74) is 0.677. The molecule has 4 nitrogen and oxygen atoms in total. The molecule has 0 aliphatic rings. The highest BCUT2D eigenvalue weighted by Crippen LogP contribution is 2.21. The summed E-state index contributed by atoms with van der Waals surface area (Å²) in [4.78, 5) is 11.6. The maximum Gasteiger partial charge on any atom is 0.326 e. The molecule has 2 atom stereocenters. The van der Waals surface area contributed by atoms with E-state index < -0.39 is 22.0 Å². The van der Waals surface area contributed by atoms with Crippen LogP contribution < -0.4 is 0 Å². The second kappa shape index (κ2) is 7.19. The van der Waals surface area contributed by atoms with Crippen molar-refractivity contribution in [1.29, 1.82) is 0 Å². The molecule has 17 heavy (non-hydrogen) atoms. The van der Waals surface area contributed by atoms with E-state index in [9.17, 15) is 9.00 Å². The first-order chi connectivity index (χ1) is 8.20. The van der Waals surface area contributed by atoms with Gasteiger partial charge >= 0.3 is 5.97 Å². The fourth-order valence-corrected chi connectivity index (χ4v) is 2.88. The highest BCUT2D eigenvalue weighted by Gasteiger charge is 2.27. The molecule has 0 amide bonds. The Bertz CT molecular complexity index is 377. The van der Waals surface area contributed by atoms with E-state index in [-0.39, 0.29) is 12.4 Å². The van der Waals surface area contributed by atoms with Crippen molar-refractivity contribution >= 4 is 16.8 Å². The summed E-state index contributed by atoms with van der Waals surface area (Å²) in [6.45, 7) is -0.0333. The molecule has 1 aromatic carbocycles. The first kappa shape index (κ1) is 13.9. The standard InChI is InChI=1S/C12H16O4S/c1-16-12(14)11(17(15)9-5-8-13)10-6-3-2-4-7-10/h2-4,6-7,11,13H,5,8-9H2,1H3. The largest absolute Gasteiger partial charge is 0.468 e. The molecule has 2 unspecified atom stereocenters. The second-order valence-corrected chi connectivity index (χ2v) is 5.12. The molecule has 0 radical (unpaired) electrons. The van der Waals surface area contributed by atoms with E-state index in [1.165, 1.54) is 7.11 Å². The fraction of sp³-hybridized carbons (Fsp3) is 0.417. The quantitative estimate of drug-likeness (QED) is 0.772. The van der Waals surface area contributed by atoms with Crippen LogP contribution in [0.4, 0.5) is 0 Å². The molecule has 0 aliphatic carbocycles. The second-order valence-electron chi connectivity index (χ2n) is 3.48. The highest BCUT2D eigenvalue weighted by molar-refractivity contribution is 7.86. The lowest BCUT2D eigenvalue weighted by atomic mass is 10.1. The van der Waals surface area contributed by atoms with E-state index in [0.717, 1.165) is 0 Å². The predicted octanol–water partition coefficient (Wildman–Crippen LogP) is 1.03. The van der Waals surface area contributed by atoms with E-state index in [0.29, 0.717) is 12.0 Å². The Hall–Kier alpha value is -1.20. The van der Waals surface area contributed by atoms with Gasteiger partial charge in [-0.1, -0.05) is 30.3 Å². The van der Waals surface area contributed by atoms with Crippen molar-refractivity contribution in [3.8, 4) is 0 Å². The van der Waals surface area contributed by atoms with E-state index in [1.807, 2.05) is 6.07 Å². The van der Waals surface area contributed by atoms with Crippen LogP contribution in [0.15, 0.2) is 30.3 Å². The normalized spacial score (nSPS) is 14.0. The van der Waals surface area contributed by atoms with Crippen LogP contribution in [0.25, 0.3) is 0 Å². The molecule has 1 aromatic rings. The van der Waals surface area contributed by atoms with Crippen LogP contribution in [0.1, 0.15) is 17.2 Å². The SMILES string of the molecule is COC(=O)C(c1ccccc1)S(=O)CCCO. The smallest absolute Gasteiger partial charge is 0.326 e. The molecule has 0 saturated heterocycles. The number of carbonyl (C=O) groups is 1. The molecule has 0 heterocycles. The van der Waals surface area contributed by atoms with Crippen molar-refractivity contribution in [2.45, 2.75) is 11.7 Å². The van der Waals surface area contributed by atoms with Crippen molar-refractivity contribution in [3.05, 3.63) is 35.9 Å². The number of esters is 1. The molecule has 5 heteroatoms. The summed E-state index contributed by atoms with van der Waals surface area (Å²) in [7, 11) is -0.0939. The van der Waals surface area contributed by atoms with Crippen molar-refractivity contribution in [2.75, 3.05) is 19.5 Å². The number of aliphatic hydroxyl groups is 1. The Balaban J connectivity index is 2.89. The van der Waals surface area contributed by atoms with Crippen LogP contribution >= 0.6 is 0 Å². The minimum absolute atomic E-state index is 0.0333. The number of methoxy groups -OCH3 is 1. The monoisotopic (exact) mass is 256 g/mol. The molecule has 0 bridgehead atoms. The number of hydrogen-bond acceptors (Lipinski definition) is 4. The third kappa shape index (κ3) is 3.94. The van der Waals surface area contributed by atoms with Crippen LogP contribution in [0.5, 0.6) is 0 Å². The Labute approximate surface area is 103 Å². The summed E-state index contributed by atoms with van der Waals surface area (Å²) in [5.74, 6) is -0.224. The Morgan fingerprint density at radius 2 is 2.06 bits per heavy atom. The number of carbonyl (C=O) groups excluding carboxylic acids is 1. The maximum atomic E-state index is 12.0. The van der Waals surface area contributed by atoms with Gasteiger partial charge in [0.25, 0.3) is 0 Å². The molecule has 0 aliphatic heterocycles. The minimum atomic E-state index is -1.37. The number of aliphatic hydroxyl groups excluding tert-OH is 1. The number of ether oxygens (including phenoxy) is 1. The fourth-order valence-electron chi connectivity index (χ4n) is 1.45. The number of rotatable bonds is 6. The van der Waals surface area contributed by atoms with Gasteiger partial charge in [-0.2, -0.15) is 0 Å². The summed E-state index contributed by atoms with van der Waals surface area (Å²) in [5, 5.41) is 7.94. The van der Waals surface area contributed by atoms with Crippen molar-refractivity contribution in [2.24, 2.45) is 0 Å². The summed E-state index contributed by atoms with van der Waals surface area (Å²) in [6.07, 6.45) is 0.410. The Morgan fingerprint density at radius 1 is 1.41 bits per heavy atom. The topological polar surface area (TPSA) is 63.6 Å². The Morgan fingerprint density at radius 3 is 2.59 bits per heavy atom. The molecular weight excluding hydrogens is 240 g/mol. The van der Waals surface area contributed by atoms with Gasteiger partial charge in [0.15, 0.2) is 5.25 Å². The van der Waals surface area contributed by atoms with E-state index in [2.05, 4.69) is 4.74 Å². The molecule has 1 N–H and O–H groups in total. The summed E-state index contributed by atoms with van der Waals surface area (Å²) in [6, 6.07) is 8.90. The van der Waals surface area contributed by atoms with Gasteiger partial charge in [0, 0.05) is 23.2 Å². The molecule has 0 fully saturated rings. The van der Waals surface area contributed by atoms with Crippen LogP contribution in [0, 0.1) is 0 Å². The van der Waals surface area contributed by atoms with Gasteiger partial charge in [0.2, 0.25) is 0 Å². The van der Waals surface area contributed by atoms with Crippen molar-refractivity contribution in [3.63, 3.8) is 0 Å². The third-order valence-electron chi connectivity index (χ3n) is 2.28. The van der Waals surface area contributed by atoms with Crippen LogP contribution in [0.2, 0.25) is 0 Å². The summed E-state index contributed by atoms with van der Waals surface area (Å²) < 4.78 is 16.7. The van der Waals surface area contributed by atoms with Gasteiger partial charge in [-0.25, -0.2) is 0 Å². The van der Waals surface area contributed by atoms with Crippen LogP contribution in [-0.4, -0.2) is 34.8 Å². The van der Waals surface area contributed by atoms with Gasteiger partial charge in [0.1, 0.15) is 0 Å². The van der Waals surface area contributed by atoms with Gasteiger partial charge in [0.05, 0.1) is 7.11 Å². The lowest BCUT2D eigenvalue weighted by molar-refractivity contribution is -0.140. The molecule has 0 aromatic heterocycles. The first-order valence-corrected chi connectivity index (χ1v) is 6.69. The molecule has 0 spiro atoms. The van der Waals surface area contributed by atoms with Gasteiger partial charge in [-0.15, -0.1) is 0 Å². The predicted molar refractivity (Wildman–Crippen MR) is 65.9 cm³/mol. The number of benzene rings is 1. The Kier molecular flexibility index (Phi) is 5.86. The summed E-state index contributed by atoms with van der Waals surface area (Å²) >= 11 is 0. The van der Waals surface area contributed by atoms with E-state index >= 15 is 0 Å². The highest BCUT2D eigenvalue weighted by atomic mass is 32.2. The lowest BCUT2D eigenvalue weighted by Gasteiger charge is -2.14. The zero-order valence-electron chi connectivity index (χ0n) is 9.67. The van der Waals surface area contributed by atoms with Crippen molar-refractivity contribution < 1.29 is 18.8 Å². The molecule has 1 rings (SSSR count). The average Bonchev–Trinajstić information content (AvgIpc) is 2.37. The zero-order valence-corrected chi connectivity index (χ0v) is 10.5. The zero-order chi connectivity index (χ0) is 12.7. The third-order valence-corrected chi connectivity index (χ3v) is 3.97. The first-order valence-electron chi connectivity index (χ1n) is 5.31. The lowest BCUT2D eigenvalue weighted by Crippen LogP contribution is -2.21. The molecule has 0 saturated carbocycles. The molecular formula is C12H16O4S. The van der Waals surface area contributed by atoms with Gasteiger partial charge < -0.3 is 9.84 Å². The number of hydrogen-bond donors (Lipinski definition) is 1. The van der Waals surface area contributed by atoms with Crippen LogP contribution in [0.3, 0.4) is 0 Å². The van der Waals surface area contributed by atoms with Gasteiger partial charge in [-0.3, -0.25) is 9.00 Å². The van der Waals surface area contributed by atoms with Crippen molar-refractivity contribution in [1.82, 2.24) is 0 Å². The van der Waals surface area contributed by atoms with E-state index in [1.54, 1.807) is 24.3 Å². The average molecular weight is 256 g/mol. The van der Waals surface area contributed by atoms with Crippen LogP contribution in [-0.2, 0) is 20.3 Å². The minimum Gasteiger partial charge on any atom is -0.468 e. The van der Waals surface area contributed by atoms with E-state index in [4.69, 9.17) is 5.11 Å². The maximum absolute atomic E-state index is 12.0. The molecule has 94 valence electrons. The van der Waals surface area contributed by atoms with Gasteiger partial charge in [-0.05, 0) is 12.0 Å².